The van der Waals surface area contributed by atoms with E-state index in [1.54, 1.807) is 26.0 Å². The monoisotopic (exact) mass is 335 g/mol. The Morgan fingerprint density at radius 1 is 1.21 bits per heavy atom. The van der Waals surface area contributed by atoms with E-state index in [9.17, 15) is 9.59 Å². The van der Waals surface area contributed by atoms with Gasteiger partial charge in [-0.1, -0.05) is 18.2 Å². The zero-order valence-corrected chi connectivity index (χ0v) is 14.8. The minimum atomic E-state index is -0.727. The average Bonchev–Trinajstić information content (AvgIpc) is 3.14. The number of amides is 1. The normalized spacial score (nSPS) is 19.6. The van der Waals surface area contributed by atoms with Crippen molar-refractivity contribution in [2.24, 2.45) is 0 Å². The largest absolute Gasteiger partial charge is 0.514 e. The first-order valence-corrected chi connectivity index (χ1v) is 8.12. The van der Waals surface area contributed by atoms with E-state index in [-0.39, 0.29) is 18.1 Å². The van der Waals surface area contributed by atoms with Crippen LogP contribution in [0.25, 0.3) is 0 Å². The van der Waals surface area contributed by atoms with Crippen molar-refractivity contribution in [1.29, 1.82) is 0 Å². The topological polar surface area (TPSA) is 73.9 Å². The molecule has 1 aromatic rings. The van der Waals surface area contributed by atoms with Crippen LogP contribution in [0.15, 0.2) is 24.3 Å². The summed E-state index contributed by atoms with van der Waals surface area (Å²) in [6, 6.07) is 7.25. The Bertz CT molecular complexity index is 606. The minimum absolute atomic E-state index is 0.0225. The summed E-state index contributed by atoms with van der Waals surface area (Å²) in [5, 5.41) is 2.84. The molecule has 1 aliphatic carbocycles. The van der Waals surface area contributed by atoms with Crippen molar-refractivity contribution in [3.05, 3.63) is 29.8 Å². The highest BCUT2D eigenvalue weighted by atomic mass is 16.7. The maximum absolute atomic E-state index is 11.8. The molecular formula is C18H25NO5. The number of rotatable bonds is 4. The van der Waals surface area contributed by atoms with Crippen LogP contribution in [0.2, 0.25) is 0 Å². The molecule has 1 amide bonds. The standard InChI is InChI=1S/C18H25NO5/c1-11(2)22-17(21)23-15-9-7-6-8-12(15)13-10-14(13)19-16(20)24-18(3,4)5/h6-9,11,13-14H,10H2,1-5H3,(H,19,20)/t13-,14+/m0/s1. The van der Waals surface area contributed by atoms with E-state index < -0.39 is 17.8 Å². The molecule has 0 bridgehead atoms. The third-order valence-corrected chi connectivity index (χ3v) is 3.34. The fourth-order valence-electron chi connectivity index (χ4n) is 2.34. The van der Waals surface area contributed by atoms with Gasteiger partial charge in [0.05, 0.1) is 6.10 Å². The van der Waals surface area contributed by atoms with Crippen molar-refractivity contribution in [3.63, 3.8) is 0 Å². The number of benzene rings is 1. The molecule has 6 heteroatoms. The molecule has 0 aliphatic heterocycles. The van der Waals surface area contributed by atoms with Crippen molar-refractivity contribution < 1.29 is 23.8 Å². The molecular weight excluding hydrogens is 310 g/mol. The highest BCUT2D eigenvalue weighted by molar-refractivity contribution is 5.69. The van der Waals surface area contributed by atoms with E-state index in [2.05, 4.69) is 5.32 Å². The third kappa shape index (κ3) is 5.44. The quantitative estimate of drug-likeness (QED) is 0.665. The predicted octanol–water partition coefficient (Wildman–Crippen LogP) is 3.99. The Labute approximate surface area is 142 Å². The lowest BCUT2D eigenvalue weighted by molar-refractivity contribution is 0.0521. The molecule has 1 N–H and O–H groups in total. The van der Waals surface area contributed by atoms with Crippen LogP contribution in [0.3, 0.4) is 0 Å². The molecule has 2 atom stereocenters. The maximum atomic E-state index is 11.8. The maximum Gasteiger partial charge on any atom is 0.514 e. The summed E-state index contributed by atoms with van der Waals surface area (Å²) in [4.78, 5) is 23.5. The average molecular weight is 335 g/mol. The fraction of sp³-hybridized carbons (Fsp3) is 0.556. The fourth-order valence-corrected chi connectivity index (χ4v) is 2.34. The molecule has 0 spiro atoms. The molecule has 24 heavy (non-hydrogen) atoms. The van der Waals surface area contributed by atoms with Crippen LogP contribution in [0.4, 0.5) is 9.59 Å². The van der Waals surface area contributed by atoms with Gasteiger partial charge in [0.15, 0.2) is 0 Å². The van der Waals surface area contributed by atoms with Gasteiger partial charge in [-0.25, -0.2) is 9.59 Å². The second-order valence-electron chi connectivity index (χ2n) is 7.15. The summed E-state index contributed by atoms with van der Waals surface area (Å²) in [7, 11) is 0. The summed E-state index contributed by atoms with van der Waals surface area (Å²) in [6.45, 7) is 8.98. The Morgan fingerprint density at radius 3 is 2.50 bits per heavy atom. The number of carbonyl (C=O) groups is 2. The summed E-state index contributed by atoms with van der Waals surface area (Å²) in [6.07, 6.45) is -0.631. The molecule has 0 radical (unpaired) electrons. The van der Waals surface area contributed by atoms with Gasteiger partial charge >= 0.3 is 12.2 Å². The molecule has 1 aromatic carbocycles. The number of ether oxygens (including phenoxy) is 3. The van der Waals surface area contributed by atoms with Crippen molar-refractivity contribution in [2.45, 2.75) is 64.7 Å². The molecule has 132 valence electrons. The van der Waals surface area contributed by atoms with Crippen LogP contribution in [-0.4, -0.2) is 30.0 Å². The Morgan fingerprint density at radius 2 is 1.88 bits per heavy atom. The third-order valence-electron chi connectivity index (χ3n) is 3.34. The lowest BCUT2D eigenvalue weighted by Crippen LogP contribution is -2.34. The molecule has 1 aliphatic rings. The van der Waals surface area contributed by atoms with E-state index in [4.69, 9.17) is 14.2 Å². The van der Waals surface area contributed by atoms with Crippen molar-refractivity contribution in [2.75, 3.05) is 0 Å². The number of alkyl carbamates (subject to hydrolysis) is 1. The van der Waals surface area contributed by atoms with Gasteiger partial charge in [0.1, 0.15) is 11.4 Å². The number of hydrogen-bond donors (Lipinski definition) is 1. The SMILES string of the molecule is CC(C)OC(=O)Oc1ccccc1[C@@H]1C[C@H]1NC(=O)OC(C)(C)C. The lowest BCUT2D eigenvalue weighted by atomic mass is 10.1. The Balaban J connectivity index is 1.96. The highest BCUT2D eigenvalue weighted by Gasteiger charge is 2.42. The van der Waals surface area contributed by atoms with E-state index in [1.165, 1.54) is 0 Å². The van der Waals surface area contributed by atoms with Crippen LogP contribution < -0.4 is 10.1 Å². The van der Waals surface area contributed by atoms with Gasteiger partial charge in [-0.2, -0.15) is 0 Å². The second kappa shape index (κ2) is 7.11. The van der Waals surface area contributed by atoms with Crippen LogP contribution in [0, 0.1) is 0 Å². The Hall–Kier alpha value is -2.24. The summed E-state index contributed by atoms with van der Waals surface area (Å²) >= 11 is 0. The zero-order valence-electron chi connectivity index (χ0n) is 14.8. The minimum Gasteiger partial charge on any atom is -0.444 e. The van der Waals surface area contributed by atoms with Crippen molar-refractivity contribution in [3.8, 4) is 5.75 Å². The molecule has 6 nitrogen and oxygen atoms in total. The van der Waals surface area contributed by atoms with Crippen LogP contribution in [0.1, 0.15) is 52.5 Å². The zero-order chi connectivity index (χ0) is 17.9. The van der Waals surface area contributed by atoms with Crippen LogP contribution in [0.5, 0.6) is 5.75 Å². The van der Waals surface area contributed by atoms with Gasteiger partial charge in [-0.05, 0) is 47.1 Å². The Kier molecular flexibility index (Phi) is 5.36. The van der Waals surface area contributed by atoms with Crippen LogP contribution in [-0.2, 0) is 9.47 Å². The first-order chi connectivity index (χ1) is 11.2. The van der Waals surface area contributed by atoms with Crippen molar-refractivity contribution in [1.82, 2.24) is 5.32 Å². The molecule has 1 fully saturated rings. The number of hydrogen-bond acceptors (Lipinski definition) is 5. The smallest absolute Gasteiger partial charge is 0.444 e. The first kappa shape index (κ1) is 18.1. The molecule has 1 saturated carbocycles. The highest BCUT2D eigenvalue weighted by Crippen LogP contribution is 2.44. The predicted molar refractivity (Wildman–Crippen MR) is 89.2 cm³/mol. The molecule has 0 unspecified atom stereocenters. The van der Waals surface area contributed by atoms with Gasteiger partial charge < -0.3 is 19.5 Å². The number of para-hydroxylation sites is 1. The van der Waals surface area contributed by atoms with Crippen molar-refractivity contribution >= 4 is 12.2 Å². The second-order valence-corrected chi connectivity index (χ2v) is 7.15. The van der Waals surface area contributed by atoms with Gasteiger partial charge in [0, 0.05) is 17.5 Å². The van der Waals surface area contributed by atoms with E-state index >= 15 is 0 Å². The summed E-state index contributed by atoms with van der Waals surface area (Å²) in [5.41, 5.74) is 0.343. The number of carbonyl (C=O) groups excluding carboxylic acids is 2. The van der Waals surface area contributed by atoms with Gasteiger partial charge in [-0.3, -0.25) is 0 Å². The summed E-state index contributed by atoms with van der Waals surface area (Å²) < 4.78 is 15.5. The summed E-state index contributed by atoms with van der Waals surface area (Å²) in [5.74, 6) is 0.558. The van der Waals surface area contributed by atoms with Gasteiger partial charge in [-0.15, -0.1) is 0 Å². The van der Waals surface area contributed by atoms with Gasteiger partial charge in [0.2, 0.25) is 0 Å². The molecule has 2 rings (SSSR count). The number of nitrogens with one attached hydrogen (secondary N) is 1. The molecule has 0 saturated heterocycles. The van der Waals surface area contributed by atoms with E-state index in [0.29, 0.717) is 5.75 Å². The van der Waals surface area contributed by atoms with Gasteiger partial charge in [0.25, 0.3) is 0 Å². The van der Waals surface area contributed by atoms with E-state index in [1.807, 2.05) is 32.9 Å². The van der Waals surface area contributed by atoms with Crippen LogP contribution >= 0.6 is 0 Å². The first-order valence-electron chi connectivity index (χ1n) is 8.12. The molecule has 0 heterocycles. The molecule has 0 aromatic heterocycles. The lowest BCUT2D eigenvalue weighted by Gasteiger charge is -2.19. The van der Waals surface area contributed by atoms with E-state index in [0.717, 1.165) is 12.0 Å².